The number of benzene rings is 2. The zero-order valence-corrected chi connectivity index (χ0v) is 10.8. The van der Waals surface area contributed by atoms with E-state index < -0.39 is 0 Å². The lowest BCUT2D eigenvalue weighted by molar-refractivity contribution is 0.102. The van der Waals surface area contributed by atoms with Gasteiger partial charge in [-0.15, -0.1) is 0 Å². The molecule has 0 spiro atoms. The van der Waals surface area contributed by atoms with Crippen molar-refractivity contribution in [2.75, 3.05) is 5.32 Å². The Bertz CT molecular complexity index is 795. The average Bonchev–Trinajstić information content (AvgIpc) is 2.84. The molecule has 0 saturated carbocycles. The van der Waals surface area contributed by atoms with E-state index in [1.165, 1.54) is 12.1 Å². The standard InChI is InChI=1S/C15H12FN3O/c1-19-9-10(8-17-19)18-15(20)13-6-7-14(16)12-5-3-2-4-11(12)13/h2-9H,1H3,(H,18,20). The summed E-state index contributed by atoms with van der Waals surface area (Å²) in [5.41, 5.74) is 1.04. The summed E-state index contributed by atoms with van der Waals surface area (Å²) in [7, 11) is 1.77. The number of amides is 1. The van der Waals surface area contributed by atoms with E-state index in [-0.39, 0.29) is 11.7 Å². The Labute approximate surface area is 114 Å². The summed E-state index contributed by atoms with van der Waals surface area (Å²) in [6.07, 6.45) is 3.26. The molecular weight excluding hydrogens is 257 g/mol. The topological polar surface area (TPSA) is 46.9 Å². The lowest BCUT2D eigenvalue weighted by Crippen LogP contribution is -2.12. The highest BCUT2D eigenvalue weighted by atomic mass is 19.1. The smallest absolute Gasteiger partial charge is 0.256 e. The van der Waals surface area contributed by atoms with Gasteiger partial charge in [-0.25, -0.2) is 4.39 Å². The summed E-state index contributed by atoms with van der Waals surface area (Å²) >= 11 is 0. The van der Waals surface area contributed by atoms with Gasteiger partial charge in [-0.1, -0.05) is 24.3 Å². The molecule has 1 heterocycles. The number of hydrogen-bond donors (Lipinski definition) is 1. The maximum absolute atomic E-state index is 13.7. The number of anilines is 1. The van der Waals surface area contributed by atoms with Gasteiger partial charge in [0.15, 0.2) is 0 Å². The maximum atomic E-state index is 13.7. The van der Waals surface area contributed by atoms with Gasteiger partial charge < -0.3 is 5.32 Å². The lowest BCUT2D eigenvalue weighted by atomic mass is 10.0. The van der Waals surface area contributed by atoms with Crippen LogP contribution in [0.5, 0.6) is 0 Å². The molecule has 0 radical (unpaired) electrons. The van der Waals surface area contributed by atoms with Gasteiger partial charge in [0.2, 0.25) is 0 Å². The molecule has 0 atom stereocenters. The fraction of sp³-hybridized carbons (Fsp3) is 0.0667. The molecule has 5 heteroatoms. The highest BCUT2D eigenvalue weighted by Crippen LogP contribution is 2.22. The van der Waals surface area contributed by atoms with Crippen LogP contribution in [0.4, 0.5) is 10.1 Å². The zero-order chi connectivity index (χ0) is 14.1. The third kappa shape index (κ3) is 2.14. The number of aromatic nitrogens is 2. The van der Waals surface area contributed by atoms with Crippen LogP contribution in [-0.4, -0.2) is 15.7 Å². The van der Waals surface area contributed by atoms with E-state index in [1.807, 2.05) is 0 Å². The molecule has 1 amide bonds. The third-order valence-corrected chi connectivity index (χ3v) is 3.08. The highest BCUT2D eigenvalue weighted by molar-refractivity contribution is 6.12. The van der Waals surface area contributed by atoms with Gasteiger partial charge in [0.05, 0.1) is 11.9 Å². The quantitative estimate of drug-likeness (QED) is 0.777. The molecule has 0 aliphatic carbocycles. The second kappa shape index (κ2) is 4.77. The minimum atomic E-state index is -0.335. The Balaban J connectivity index is 2.01. The number of rotatable bonds is 2. The molecule has 0 aliphatic heterocycles. The molecule has 0 bridgehead atoms. The highest BCUT2D eigenvalue weighted by Gasteiger charge is 2.12. The van der Waals surface area contributed by atoms with E-state index in [0.717, 1.165) is 0 Å². The first-order valence-corrected chi connectivity index (χ1v) is 6.12. The zero-order valence-electron chi connectivity index (χ0n) is 10.8. The molecule has 0 saturated heterocycles. The van der Waals surface area contributed by atoms with Crippen molar-refractivity contribution in [3.8, 4) is 0 Å². The molecular formula is C15H12FN3O. The van der Waals surface area contributed by atoms with E-state index in [2.05, 4.69) is 10.4 Å². The van der Waals surface area contributed by atoms with Crippen LogP contribution >= 0.6 is 0 Å². The number of fused-ring (bicyclic) bond motifs is 1. The van der Waals surface area contributed by atoms with Gasteiger partial charge >= 0.3 is 0 Å². The van der Waals surface area contributed by atoms with Crippen molar-refractivity contribution in [1.82, 2.24) is 9.78 Å². The SMILES string of the molecule is Cn1cc(NC(=O)c2ccc(F)c3ccccc23)cn1. The summed E-state index contributed by atoms with van der Waals surface area (Å²) < 4.78 is 15.3. The molecule has 100 valence electrons. The fourth-order valence-corrected chi connectivity index (χ4v) is 2.14. The summed E-state index contributed by atoms with van der Waals surface area (Å²) in [6, 6.07) is 9.71. The molecule has 0 unspecified atom stereocenters. The van der Waals surface area contributed by atoms with Gasteiger partial charge in [-0.3, -0.25) is 9.48 Å². The Morgan fingerprint density at radius 2 is 1.95 bits per heavy atom. The van der Waals surface area contributed by atoms with Crippen molar-refractivity contribution in [2.24, 2.45) is 7.05 Å². The van der Waals surface area contributed by atoms with Crippen LogP contribution in [0.1, 0.15) is 10.4 Å². The van der Waals surface area contributed by atoms with E-state index in [9.17, 15) is 9.18 Å². The van der Waals surface area contributed by atoms with E-state index >= 15 is 0 Å². The Kier molecular flexibility index (Phi) is 2.95. The van der Waals surface area contributed by atoms with E-state index in [4.69, 9.17) is 0 Å². The molecule has 3 rings (SSSR count). The van der Waals surface area contributed by atoms with Crippen LogP contribution < -0.4 is 5.32 Å². The number of carbonyl (C=O) groups is 1. The predicted molar refractivity (Wildman–Crippen MR) is 75.1 cm³/mol. The Morgan fingerprint density at radius 1 is 1.20 bits per heavy atom. The second-order valence-electron chi connectivity index (χ2n) is 4.50. The molecule has 1 N–H and O–H groups in total. The Morgan fingerprint density at radius 3 is 2.65 bits per heavy atom. The molecule has 0 aliphatic rings. The summed E-state index contributed by atoms with van der Waals surface area (Å²) in [5, 5.41) is 7.76. The van der Waals surface area contributed by atoms with Crippen LogP contribution in [0.15, 0.2) is 48.8 Å². The first-order valence-electron chi connectivity index (χ1n) is 6.12. The number of halogens is 1. The predicted octanol–water partition coefficient (Wildman–Crippen LogP) is 2.96. The average molecular weight is 269 g/mol. The molecule has 3 aromatic rings. The number of aryl methyl sites for hydroxylation is 1. The molecule has 1 aromatic heterocycles. The van der Waals surface area contributed by atoms with Crippen LogP contribution in [0.2, 0.25) is 0 Å². The van der Waals surface area contributed by atoms with Crippen LogP contribution in [0.3, 0.4) is 0 Å². The van der Waals surface area contributed by atoms with Gasteiger partial charge in [0.1, 0.15) is 5.82 Å². The fourth-order valence-electron chi connectivity index (χ4n) is 2.14. The molecule has 20 heavy (non-hydrogen) atoms. The second-order valence-corrected chi connectivity index (χ2v) is 4.50. The van der Waals surface area contributed by atoms with Crippen LogP contribution in [0.25, 0.3) is 10.8 Å². The lowest BCUT2D eigenvalue weighted by Gasteiger charge is -2.07. The monoisotopic (exact) mass is 269 g/mol. The number of hydrogen-bond acceptors (Lipinski definition) is 2. The summed E-state index contributed by atoms with van der Waals surface area (Å²) in [6.45, 7) is 0. The van der Waals surface area contributed by atoms with Crippen molar-refractivity contribution in [1.29, 1.82) is 0 Å². The largest absolute Gasteiger partial charge is 0.319 e. The van der Waals surface area contributed by atoms with Crippen molar-refractivity contribution in [3.05, 3.63) is 60.2 Å². The van der Waals surface area contributed by atoms with Crippen molar-refractivity contribution in [3.63, 3.8) is 0 Å². The minimum absolute atomic E-state index is 0.283. The Hall–Kier alpha value is -2.69. The number of nitrogens with one attached hydrogen (secondary N) is 1. The number of nitrogens with zero attached hydrogens (tertiary/aromatic N) is 2. The molecule has 0 fully saturated rings. The van der Waals surface area contributed by atoms with Gasteiger partial charge in [0.25, 0.3) is 5.91 Å². The summed E-state index contributed by atoms with van der Waals surface area (Å²) in [4.78, 5) is 12.3. The van der Waals surface area contributed by atoms with Crippen LogP contribution in [0, 0.1) is 5.82 Å². The maximum Gasteiger partial charge on any atom is 0.256 e. The van der Waals surface area contributed by atoms with Gasteiger partial charge in [-0.2, -0.15) is 5.10 Å². The first-order chi connectivity index (χ1) is 9.65. The van der Waals surface area contributed by atoms with Crippen molar-refractivity contribution < 1.29 is 9.18 Å². The van der Waals surface area contributed by atoms with Crippen molar-refractivity contribution in [2.45, 2.75) is 0 Å². The molecule has 2 aromatic carbocycles. The van der Waals surface area contributed by atoms with E-state index in [0.29, 0.717) is 22.0 Å². The third-order valence-electron chi connectivity index (χ3n) is 3.08. The number of carbonyl (C=O) groups excluding carboxylic acids is 1. The van der Waals surface area contributed by atoms with Gasteiger partial charge in [-0.05, 0) is 17.5 Å². The van der Waals surface area contributed by atoms with Crippen LogP contribution in [-0.2, 0) is 7.05 Å². The molecule has 4 nitrogen and oxygen atoms in total. The minimum Gasteiger partial charge on any atom is -0.319 e. The van der Waals surface area contributed by atoms with E-state index in [1.54, 1.807) is 48.4 Å². The normalized spacial score (nSPS) is 10.7. The van der Waals surface area contributed by atoms with Gasteiger partial charge in [0, 0.05) is 24.2 Å². The summed E-state index contributed by atoms with van der Waals surface area (Å²) in [5.74, 6) is -0.618. The first kappa shape index (κ1) is 12.3. The van der Waals surface area contributed by atoms with Crippen molar-refractivity contribution >= 4 is 22.4 Å².